The maximum Gasteiger partial charge on any atom is 0.311 e. The summed E-state index contributed by atoms with van der Waals surface area (Å²) < 4.78 is 10.4. The van der Waals surface area contributed by atoms with E-state index < -0.39 is 24.4 Å². The number of carbonyl (C=O) groups excluding carboxylic acids is 3. The van der Waals surface area contributed by atoms with Gasteiger partial charge in [-0.15, -0.1) is 0 Å². The van der Waals surface area contributed by atoms with Crippen molar-refractivity contribution in [3.63, 3.8) is 0 Å². The quantitative estimate of drug-likeness (QED) is 0.621. The van der Waals surface area contributed by atoms with Crippen LogP contribution in [0.2, 0.25) is 0 Å². The van der Waals surface area contributed by atoms with Crippen LogP contribution < -0.4 is 15.0 Å². The zero-order valence-electron chi connectivity index (χ0n) is 17.0. The molecular weight excluding hydrogens is 396 g/mol. The summed E-state index contributed by atoms with van der Waals surface area (Å²) in [5, 5.41) is 4.68. The zero-order chi connectivity index (χ0) is 21.8. The molecule has 2 amide bonds. The van der Waals surface area contributed by atoms with Gasteiger partial charge >= 0.3 is 5.97 Å². The first kappa shape index (κ1) is 20.4. The molecule has 0 aromatic heterocycles. The largest absolute Gasteiger partial charge is 0.497 e. The Hall–Kier alpha value is -3.87. The van der Waals surface area contributed by atoms with Crippen molar-refractivity contribution in [2.75, 3.05) is 30.5 Å². The van der Waals surface area contributed by atoms with Gasteiger partial charge in [0.1, 0.15) is 5.75 Å². The first-order valence-electron chi connectivity index (χ1n) is 9.94. The third kappa shape index (κ3) is 4.50. The smallest absolute Gasteiger partial charge is 0.311 e. The number of hydrogen-bond acceptors (Lipinski definition) is 5. The second-order valence-electron chi connectivity index (χ2n) is 7.29. The summed E-state index contributed by atoms with van der Waals surface area (Å²) >= 11 is 0. The van der Waals surface area contributed by atoms with Gasteiger partial charge in [0.15, 0.2) is 6.61 Å². The summed E-state index contributed by atoms with van der Waals surface area (Å²) in [4.78, 5) is 38.7. The highest BCUT2D eigenvalue weighted by Gasteiger charge is 2.36. The van der Waals surface area contributed by atoms with Crippen LogP contribution in [0, 0.1) is 5.92 Å². The Morgan fingerprint density at radius 1 is 1.06 bits per heavy atom. The Morgan fingerprint density at radius 3 is 2.68 bits per heavy atom. The molecule has 31 heavy (non-hydrogen) atoms. The number of nitrogens with zero attached hydrogens (tertiary/aromatic N) is 1. The maximum atomic E-state index is 12.5. The van der Waals surface area contributed by atoms with Crippen molar-refractivity contribution in [3.8, 4) is 5.75 Å². The Kier molecular flexibility index (Phi) is 5.84. The Bertz CT molecular complexity index is 1140. The van der Waals surface area contributed by atoms with Crippen LogP contribution in [0.1, 0.15) is 6.42 Å². The molecule has 1 aliphatic heterocycles. The van der Waals surface area contributed by atoms with E-state index in [9.17, 15) is 14.4 Å². The van der Waals surface area contributed by atoms with Crippen LogP contribution in [-0.2, 0) is 19.1 Å². The van der Waals surface area contributed by atoms with Gasteiger partial charge in [0, 0.05) is 35.8 Å². The van der Waals surface area contributed by atoms with E-state index in [0.717, 1.165) is 10.8 Å². The summed E-state index contributed by atoms with van der Waals surface area (Å²) in [6.45, 7) is -0.207. The molecular formula is C24H22N2O5. The summed E-state index contributed by atoms with van der Waals surface area (Å²) in [7, 11) is 1.55. The molecule has 0 bridgehead atoms. The highest BCUT2D eigenvalue weighted by molar-refractivity contribution is 6.03. The van der Waals surface area contributed by atoms with Gasteiger partial charge in [0.25, 0.3) is 5.91 Å². The fraction of sp³-hybridized carbons (Fsp3) is 0.208. The van der Waals surface area contributed by atoms with E-state index >= 15 is 0 Å². The van der Waals surface area contributed by atoms with Crippen molar-refractivity contribution in [3.05, 3.63) is 66.7 Å². The van der Waals surface area contributed by atoms with E-state index in [1.807, 2.05) is 36.4 Å². The lowest BCUT2D eigenvalue weighted by atomic mass is 10.1. The number of benzene rings is 3. The molecule has 3 aromatic carbocycles. The van der Waals surface area contributed by atoms with E-state index in [-0.39, 0.29) is 18.9 Å². The molecule has 1 N–H and O–H groups in total. The van der Waals surface area contributed by atoms with Crippen LogP contribution in [0.15, 0.2) is 66.7 Å². The molecule has 7 nitrogen and oxygen atoms in total. The number of methoxy groups -OCH3 is 1. The van der Waals surface area contributed by atoms with Gasteiger partial charge in [0.2, 0.25) is 5.91 Å². The molecule has 158 valence electrons. The number of carbonyl (C=O) groups is 3. The lowest BCUT2D eigenvalue weighted by molar-refractivity contribution is -0.151. The van der Waals surface area contributed by atoms with Crippen LogP contribution in [-0.4, -0.2) is 38.0 Å². The Labute approximate surface area is 179 Å². The zero-order valence-corrected chi connectivity index (χ0v) is 17.0. The van der Waals surface area contributed by atoms with Crippen molar-refractivity contribution in [2.45, 2.75) is 6.42 Å². The summed E-state index contributed by atoms with van der Waals surface area (Å²) in [6, 6.07) is 20.4. The number of esters is 1. The number of anilines is 2. The summed E-state index contributed by atoms with van der Waals surface area (Å²) in [5.74, 6) is -1.16. The van der Waals surface area contributed by atoms with E-state index in [1.165, 1.54) is 4.90 Å². The van der Waals surface area contributed by atoms with Crippen molar-refractivity contribution in [1.29, 1.82) is 0 Å². The van der Waals surface area contributed by atoms with Crippen molar-refractivity contribution in [2.24, 2.45) is 5.92 Å². The van der Waals surface area contributed by atoms with Gasteiger partial charge in [-0.1, -0.05) is 42.5 Å². The van der Waals surface area contributed by atoms with Gasteiger partial charge in [-0.25, -0.2) is 0 Å². The van der Waals surface area contributed by atoms with Gasteiger partial charge < -0.3 is 19.7 Å². The standard InChI is InChI=1S/C24H22N2O5/c1-30-19-9-5-8-18(13-19)26-14-17(12-23(26)28)24(29)31-15-22(27)25-21-11-4-7-16-6-2-3-10-20(16)21/h2-11,13,17H,12,14-15H2,1H3,(H,25,27)/t17-/m1/s1. The van der Waals surface area contributed by atoms with Crippen LogP contribution >= 0.6 is 0 Å². The van der Waals surface area contributed by atoms with Crippen LogP contribution in [0.5, 0.6) is 5.75 Å². The Morgan fingerprint density at radius 2 is 1.84 bits per heavy atom. The molecule has 0 saturated carbocycles. The van der Waals surface area contributed by atoms with Crippen molar-refractivity contribution < 1.29 is 23.9 Å². The average molecular weight is 418 g/mol. The molecule has 4 rings (SSSR count). The topological polar surface area (TPSA) is 84.9 Å². The first-order chi connectivity index (χ1) is 15.0. The van der Waals surface area contributed by atoms with Gasteiger partial charge in [-0.05, 0) is 23.6 Å². The fourth-order valence-electron chi connectivity index (χ4n) is 3.67. The number of amides is 2. The molecule has 1 fully saturated rings. The third-order valence-electron chi connectivity index (χ3n) is 5.23. The minimum Gasteiger partial charge on any atom is -0.497 e. The number of nitrogens with one attached hydrogen (secondary N) is 1. The molecule has 0 aliphatic carbocycles. The van der Waals surface area contributed by atoms with Gasteiger partial charge in [-0.2, -0.15) is 0 Å². The predicted octanol–water partition coefficient (Wildman–Crippen LogP) is 3.38. The van der Waals surface area contributed by atoms with Gasteiger partial charge in [0.05, 0.1) is 13.0 Å². The molecule has 1 aliphatic rings. The van der Waals surface area contributed by atoms with Crippen molar-refractivity contribution in [1.82, 2.24) is 0 Å². The number of fused-ring (bicyclic) bond motifs is 1. The minimum atomic E-state index is -0.621. The normalized spacial score (nSPS) is 15.7. The van der Waals surface area contributed by atoms with Crippen LogP contribution in [0.3, 0.4) is 0 Å². The second kappa shape index (κ2) is 8.87. The second-order valence-corrected chi connectivity index (χ2v) is 7.29. The Balaban J connectivity index is 1.34. The fourth-order valence-corrected chi connectivity index (χ4v) is 3.67. The lowest BCUT2D eigenvalue weighted by Gasteiger charge is -2.17. The molecule has 7 heteroatoms. The van der Waals surface area contributed by atoms with E-state index in [2.05, 4.69) is 5.32 Å². The SMILES string of the molecule is COc1cccc(N2C[C@H](C(=O)OCC(=O)Nc3cccc4ccccc34)CC2=O)c1. The highest BCUT2D eigenvalue weighted by Crippen LogP contribution is 2.28. The highest BCUT2D eigenvalue weighted by atomic mass is 16.5. The monoisotopic (exact) mass is 418 g/mol. The lowest BCUT2D eigenvalue weighted by Crippen LogP contribution is -2.28. The minimum absolute atomic E-state index is 0.0426. The van der Waals surface area contributed by atoms with Crippen LogP contribution in [0.25, 0.3) is 10.8 Å². The molecule has 0 spiro atoms. The average Bonchev–Trinajstić information content (AvgIpc) is 3.19. The number of ether oxygens (including phenoxy) is 2. The molecule has 0 unspecified atom stereocenters. The summed E-state index contributed by atoms with van der Waals surface area (Å²) in [6.07, 6.45) is 0.0426. The van der Waals surface area contributed by atoms with E-state index in [4.69, 9.17) is 9.47 Å². The van der Waals surface area contributed by atoms with Crippen molar-refractivity contribution >= 4 is 39.9 Å². The third-order valence-corrected chi connectivity index (χ3v) is 5.23. The number of rotatable bonds is 6. The molecule has 3 aromatic rings. The first-order valence-corrected chi connectivity index (χ1v) is 9.94. The predicted molar refractivity (Wildman–Crippen MR) is 117 cm³/mol. The molecule has 1 atom stereocenters. The number of hydrogen-bond donors (Lipinski definition) is 1. The maximum absolute atomic E-state index is 12.5. The van der Waals surface area contributed by atoms with Crippen LogP contribution in [0.4, 0.5) is 11.4 Å². The molecule has 1 heterocycles. The van der Waals surface area contributed by atoms with E-state index in [1.54, 1.807) is 37.4 Å². The molecule has 0 radical (unpaired) electrons. The molecule has 1 saturated heterocycles. The summed E-state index contributed by atoms with van der Waals surface area (Å²) in [5.41, 5.74) is 1.31. The van der Waals surface area contributed by atoms with E-state index in [0.29, 0.717) is 17.1 Å². The van der Waals surface area contributed by atoms with Gasteiger partial charge in [-0.3, -0.25) is 14.4 Å².